The minimum absolute atomic E-state index is 0.450. The molecule has 0 heterocycles. The third-order valence-corrected chi connectivity index (χ3v) is 3.98. The molecule has 1 rings (SSSR count). The molecule has 1 aliphatic carbocycles. The standard InChI is InChI=1S/C17H31N/c1-6-8-10-17(5)13-15(18-11-9-7-2)12-16(3,4)14-17/h6,8-9,11,15,18H,7,10,12-14H2,1-5H3. The van der Waals surface area contributed by atoms with Crippen molar-refractivity contribution in [2.24, 2.45) is 10.8 Å². The van der Waals surface area contributed by atoms with Crippen molar-refractivity contribution in [2.75, 3.05) is 0 Å². The zero-order valence-corrected chi connectivity index (χ0v) is 12.9. The maximum atomic E-state index is 3.61. The van der Waals surface area contributed by atoms with Gasteiger partial charge in [-0.1, -0.05) is 45.9 Å². The summed E-state index contributed by atoms with van der Waals surface area (Å²) in [5, 5.41) is 3.61. The first-order valence-electron chi connectivity index (χ1n) is 7.43. The van der Waals surface area contributed by atoms with Crippen LogP contribution in [-0.2, 0) is 0 Å². The van der Waals surface area contributed by atoms with Crippen LogP contribution in [0.25, 0.3) is 0 Å². The Balaban J connectivity index is 2.68. The topological polar surface area (TPSA) is 12.0 Å². The summed E-state index contributed by atoms with van der Waals surface area (Å²) < 4.78 is 0. The Bertz CT molecular complexity index is 301. The van der Waals surface area contributed by atoms with Crippen LogP contribution in [0.4, 0.5) is 0 Å². The highest BCUT2D eigenvalue weighted by Crippen LogP contribution is 2.48. The molecular weight excluding hydrogens is 218 g/mol. The van der Waals surface area contributed by atoms with Crippen molar-refractivity contribution in [3.8, 4) is 0 Å². The Morgan fingerprint density at radius 2 is 1.89 bits per heavy atom. The first-order valence-corrected chi connectivity index (χ1v) is 7.43. The molecule has 0 saturated heterocycles. The maximum Gasteiger partial charge on any atom is 0.0266 e. The first kappa shape index (κ1) is 15.3. The van der Waals surface area contributed by atoms with Gasteiger partial charge in [0.15, 0.2) is 0 Å². The monoisotopic (exact) mass is 249 g/mol. The smallest absolute Gasteiger partial charge is 0.0266 e. The van der Waals surface area contributed by atoms with Crippen LogP contribution in [0.1, 0.15) is 66.7 Å². The molecule has 2 unspecified atom stereocenters. The molecule has 0 aromatic carbocycles. The molecular formula is C17H31N. The number of hydrogen-bond donors (Lipinski definition) is 1. The second-order valence-electron chi connectivity index (χ2n) is 7.01. The van der Waals surface area contributed by atoms with E-state index in [2.05, 4.69) is 64.4 Å². The minimum atomic E-state index is 0.450. The molecule has 1 N–H and O–H groups in total. The van der Waals surface area contributed by atoms with E-state index in [9.17, 15) is 0 Å². The Morgan fingerprint density at radius 1 is 1.17 bits per heavy atom. The van der Waals surface area contributed by atoms with Crippen LogP contribution in [0.3, 0.4) is 0 Å². The molecule has 1 heteroatoms. The Morgan fingerprint density at radius 3 is 2.50 bits per heavy atom. The number of nitrogens with one attached hydrogen (secondary N) is 1. The van der Waals surface area contributed by atoms with E-state index in [1.54, 1.807) is 0 Å². The van der Waals surface area contributed by atoms with Gasteiger partial charge < -0.3 is 5.32 Å². The summed E-state index contributed by atoms with van der Waals surface area (Å²) in [5.41, 5.74) is 0.901. The first-order chi connectivity index (χ1) is 8.41. The predicted molar refractivity (Wildman–Crippen MR) is 81.5 cm³/mol. The van der Waals surface area contributed by atoms with Gasteiger partial charge in [0.2, 0.25) is 0 Å². The molecule has 2 atom stereocenters. The molecule has 0 aromatic rings. The van der Waals surface area contributed by atoms with Crippen LogP contribution >= 0.6 is 0 Å². The van der Waals surface area contributed by atoms with Crippen LogP contribution in [0, 0.1) is 10.8 Å². The molecule has 0 aromatic heterocycles. The highest BCUT2D eigenvalue weighted by molar-refractivity contribution is 4.99. The second-order valence-corrected chi connectivity index (χ2v) is 7.01. The summed E-state index contributed by atoms with van der Waals surface area (Å²) in [7, 11) is 0. The van der Waals surface area contributed by atoms with Gasteiger partial charge >= 0.3 is 0 Å². The quantitative estimate of drug-likeness (QED) is 0.672. The highest BCUT2D eigenvalue weighted by atomic mass is 14.9. The van der Waals surface area contributed by atoms with E-state index in [1.807, 2.05) is 0 Å². The molecule has 1 nitrogen and oxygen atoms in total. The third kappa shape index (κ3) is 4.88. The lowest BCUT2D eigenvalue weighted by molar-refractivity contribution is 0.0776. The van der Waals surface area contributed by atoms with Crippen molar-refractivity contribution < 1.29 is 0 Å². The van der Waals surface area contributed by atoms with Gasteiger partial charge in [-0.3, -0.25) is 0 Å². The Hall–Kier alpha value is -0.720. The summed E-state index contributed by atoms with van der Waals surface area (Å²) in [6.07, 6.45) is 15.1. The summed E-state index contributed by atoms with van der Waals surface area (Å²) in [5.74, 6) is 0. The second kappa shape index (κ2) is 6.45. The minimum Gasteiger partial charge on any atom is -0.388 e. The van der Waals surface area contributed by atoms with Crippen LogP contribution in [0.15, 0.2) is 24.4 Å². The molecule has 104 valence electrons. The van der Waals surface area contributed by atoms with Crippen LogP contribution in [0.2, 0.25) is 0 Å². The summed E-state index contributed by atoms with van der Waals surface area (Å²) in [6, 6.07) is 0.631. The predicted octanol–water partition coefficient (Wildman–Crippen LogP) is 5.05. The van der Waals surface area contributed by atoms with E-state index in [-0.39, 0.29) is 0 Å². The molecule has 0 aliphatic heterocycles. The van der Waals surface area contributed by atoms with E-state index >= 15 is 0 Å². The summed E-state index contributed by atoms with van der Waals surface area (Å²) in [6.45, 7) is 11.6. The Labute approximate surface area is 114 Å². The third-order valence-electron chi connectivity index (χ3n) is 3.98. The van der Waals surface area contributed by atoms with E-state index in [0.29, 0.717) is 16.9 Å². The SMILES string of the molecule is CC=CCC1(C)CC(NC=CCC)CC(C)(C)C1. The van der Waals surface area contributed by atoms with Crippen LogP contribution < -0.4 is 5.32 Å². The molecule has 1 aliphatic rings. The highest BCUT2D eigenvalue weighted by Gasteiger charge is 2.40. The maximum absolute atomic E-state index is 3.61. The fraction of sp³-hybridized carbons (Fsp3) is 0.765. The fourth-order valence-corrected chi connectivity index (χ4v) is 3.63. The van der Waals surface area contributed by atoms with E-state index in [4.69, 9.17) is 0 Å². The van der Waals surface area contributed by atoms with Crippen LogP contribution in [-0.4, -0.2) is 6.04 Å². The molecule has 18 heavy (non-hydrogen) atoms. The lowest BCUT2D eigenvalue weighted by Crippen LogP contribution is -2.43. The van der Waals surface area contributed by atoms with E-state index in [0.717, 1.165) is 6.42 Å². The van der Waals surface area contributed by atoms with Gasteiger partial charge in [-0.15, -0.1) is 0 Å². The van der Waals surface area contributed by atoms with E-state index < -0.39 is 0 Å². The molecule has 0 bridgehead atoms. The van der Waals surface area contributed by atoms with Gasteiger partial charge in [0.05, 0.1) is 0 Å². The number of allylic oxidation sites excluding steroid dienone is 3. The molecule has 1 saturated carbocycles. The lowest BCUT2D eigenvalue weighted by Gasteiger charge is -2.46. The van der Waals surface area contributed by atoms with Crippen molar-refractivity contribution in [1.29, 1.82) is 0 Å². The number of hydrogen-bond acceptors (Lipinski definition) is 1. The molecule has 0 amide bonds. The zero-order chi connectivity index (χ0) is 13.6. The van der Waals surface area contributed by atoms with E-state index in [1.165, 1.54) is 25.7 Å². The summed E-state index contributed by atoms with van der Waals surface area (Å²) in [4.78, 5) is 0. The van der Waals surface area contributed by atoms with Gasteiger partial charge in [0.25, 0.3) is 0 Å². The van der Waals surface area contributed by atoms with Crippen molar-refractivity contribution in [1.82, 2.24) is 5.32 Å². The average Bonchev–Trinajstić information content (AvgIpc) is 2.24. The Kier molecular flexibility index (Phi) is 5.49. The van der Waals surface area contributed by atoms with Crippen molar-refractivity contribution in [3.63, 3.8) is 0 Å². The van der Waals surface area contributed by atoms with Crippen molar-refractivity contribution in [2.45, 2.75) is 72.8 Å². The van der Waals surface area contributed by atoms with Crippen molar-refractivity contribution in [3.05, 3.63) is 24.4 Å². The number of rotatable bonds is 5. The average molecular weight is 249 g/mol. The van der Waals surface area contributed by atoms with Gasteiger partial charge in [0, 0.05) is 6.04 Å². The van der Waals surface area contributed by atoms with Crippen LogP contribution in [0.5, 0.6) is 0 Å². The van der Waals surface area contributed by atoms with Crippen molar-refractivity contribution >= 4 is 0 Å². The lowest BCUT2D eigenvalue weighted by atomic mass is 9.61. The largest absolute Gasteiger partial charge is 0.388 e. The van der Waals surface area contributed by atoms with Gasteiger partial charge in [-0.2, -0.15) is 0 Å². The van der Waals surface area contributed by atoms with Gasteiger partial charge in [-0.25, -0.2) is 0 Å². The normalized spacial score (nSPS) is 32.2. The molecule has 0 radical (unpaired) electrons. The molecule has 1 fully saturated rings. The summed E-state index contributed by atoms with van der Waals surface area (Å²) >= 11 is 0. The van der Waals surface area contributed by atoms with Gasteiger partial charge in [0.1, 0.15) is 0 Å². The fourth-order valence-electron chi connectivity index (χ4n) is 3.63. The zero-order valence-electron chi connectivity index (χ0n) is 12.9. The van der Waals surface area contributed by atoms with Gasteiger partial charge in [-0.05, 0) is 56.1 Å². The molecule has 0 spiro atoms.